The molecule has 424 valence electrons. The van der Waals surface area contributed by atoms with Crippen molar-refractivity contribution in [3.05, 3.63) is 175 Å². The van der Waals surface area contributed by atoms with Crippen molar-refractivity contribution in [3.8, 4) is 5.75 Å². The van der Waals surface area contributed by atoms with E-state index in [0.717, 1.165) is 54.2 Å². The number of esters is 1. The number of ether oxygens (including phenoxy) is 2. The molecule has 0 aliphatic carbocycles. The maximum atomic E-state index is 14.6. The molecular weight excluding hydrogens is 1030 g/mol. The predicted molar refractivity (Wildman–Crippen MR) is 339 cm³/mol. The van der Waals surface area contributed by atoms with E-state index in [9.17, 15) is 4.79 Å². The summed E-state index contributed by atoms with van der Waals surface area (Å²) in [5, 5.41) is 4.20. The number of rotatable bonds is 29. The lowest BCUT2D eigenvalue weighted by Crippen LogP contribution is -2.68. The van der Waals surface area contributed by atoms with E-state index in [1.807, 2.05) is 55.5 Å². The molecule has 0 amide bonds. The zero-order valence-corrected chi connectivity index (χ0v) is 54.7. The van der Waals surface area contributed by atoms with E-state index >= 15 is 0 Å². The molecular formula is C67H98O7Si4. The smallest absolute Gasteiger partial charge is 0.338 e. The normalized spacial score (nSPS) is 14.8. The molecule has 0 N–H and O–H groups in total. The van der Waals surface area contributed by atoms with Crippen LogP contribution < -0.4 is 25.2 Å². The summed E-state index contributed by atoms with van der Waals surface area (Å²) in [6.45, 7) is 36.9. The molecule has 0 saturated heterocycles. The van der Waals surface area contributed by atoms with Crippen LogP contribution in [0.5, 0.6) is 5.75 Å². The second-order valence-electron chi connectivity index (χ2n) is 24.7. The van der Waals surface area contributed by atoms with Crippen molar-refractivity contribution in [1.29, 1.82) is 0 Å². The second-order valence-corrected chi connectivity index (χ2v) is 42.7. The summed E-state index contributed by atoms with van der Waals surface area (Å²) in [5.41, 5.74) is 0.426. The number of unbranched alkanes of at least 4 members (excludes halogenated alkanes) is 2. The van der Waals surface area contributed by atoms with Crippen LogP contribution in [0.2, 0.25) is 46.3 Å². The monoisotopic (exact) mass is 1130 g/mol. The third kappa shape index (κ3) is 16.1. The second kappa shape index (κ2) is 28.8. The van der Waals surface area contributed by atoms with Gasteiger partial charge in [0.05, 0.1) is 30.5 Å². The van der Waals surface area contributed by atoms with Gasteiger partial charge in [-0.2, -0.15) is 0 Å². The topological polar surface area (TPSA) is 72.5 Å². The standard InChI is InChI=1S/C67H98O7Si4/c1-17-21-27-46-62(74-76(18-2,19-3)20-4)61(73-75(15,16)65(6,7)8)47-36-26-37-52-69-54(5)63(53-70-77(66(9,10)11,57-38-28-22-29-39-57)58-40-30-23-31-41-58)71-64(68)55-48-50-56(51-49-55)72-78(67(12,13)14,59-42-32-24-33-43-59)60-44-34-25-35-45-60/h22-25,27-36,38-51,54,61-63H,17-21,26,37,52-53H2,1-16H3/b46-27+,47-36+/t54?,61-,62-,63-/m0/s1. The number of allylic oxidation sites excluding steroid dienone is 2. The Morgan fingerprint density at radius 3 is 1.37 bits per heavy atom. The fraction of sp³-hybridized carbons (Fsp3) is 0.478. The minimum absolute atomic E-state index is 0.0416. The maximum Gasteiger partial charge on any atom is 0.338 e. The summed E-state index contributed by atoms with van der Waals surface area (Å²) in [7, 11) is -10.1. The Morgan fingerprint density at radius 2 is 0.962 bits per heavy atom. The highest BCUT2D eigenvalue weighted by molar-refractivity contribution is 7.00. The SMILES string of the molecule is CCC/C=C/[C@H](O[Si](CC)(CC)CC)[C@H](/C=C/CCCOC(C)[C@H](CO[Si](c1ccccc1)(c1ccccc1)C(C)(C)C)OC(=O)c1ccc(O[Si](c2ccccc2)(c2ccccc2)C(C)(C)C)cc1)O[Si](C)(C)C(C)(C)C. The maximum absolute atomic E-state index is 14.6. The Morgan fingerprint density at radius 1 is 0.538 bits per heavy atom. The van der Waals surface area contributed by atoms with Crippen molar-refractivity contribution >= 4 is 60.0 Å². The molecule has 7 nitrogen and oxygen atoms in total. The molecule has 0 radical (unpaired) electrons. The fourth-order valence-corrected chi connectivity index (χ4v) is 23.4. The van der Waals surface area contributed by atoms with Gasteiger partial charge < -0.3 is 27.2 Å². The van der Waals surface area contributed by atoms with Gasteiger partial charge in [0.15, 0.2) is 16.6 Å². The molecule has 5 aromatic rings. The zero-order valence-electron chi connectivity index (χ0n) is 50.7. The number of carbonyl (C=O) groups excluding carboxylic acids is 1. The Balaban J connectivity index is 1.44. The summed E-state index contributed by atoms with van der Waals surface area (Å²) in [6.07, 6.45) is 11.2. The van der Waals surface area contributed by atoms with Gasteiger partial charge in [-0.25, -0.2) is 4.79 Å². The number of hydrogen-bond acceptors (Lipinski definition) is 7. The highest BCUT2D eigenvalue weighted by Gasteiger charge is 2.53. The molecule has 0 saturated carbocycles. The van der Waals surface area contributed by atoms with Gasteiger partial charge in [0, 0.05) is 6.61 Å². The van der Waals surface area contributed by atoms with Crippen LogP contribution in [0.25, 0.3) is 0 Å². The van der Waals surface area contributed by atoms with Crippen molar-refractivity contribution in [2.24, 2.45) is 0 Å². The fourth-order valence-electron chi connectivity index (χ4n) is 10.4. The van der Waals surface area contributed by atoms with E-state index in [0.29, 0.717) is 17.9 Å². The Labute approximate surface area is 477 Å². The first-order chi connectivity index (χ1) is 36.9. The minimum atomic E-state index is -3.01. The third-order valence-electron chi connectivity index (χ3n) is 16.3. The van der Waals surface area contributed by atoms with Crippen LogP contribution in [0.4, 0.5) is 0 Å². The van der Waals surface area contributed by atoms with Gasteiger partial charge in [0.25, 0.3) is 8.32 Å². The van der Waals surface area contributed by atoms with Crippen molar-refractivity contribution in [1.82, 2.24) is 0 Å². The summed E-state index contributed by atoms with van der Waals surface area (Å²) >= 11 is 0. The average molecular weight is 1130 g/mol. The van der Waals surface area contributed by atoms with Gasteiger partial charge in [-0.05, 0) is 118 Å². The molecule has 78 heavy (non-hydrogen) atoms. The molecule has 0 spiro atoms. The van der Waals surface area contributed by atoms with Crippen LogP contribution in [-0.2, 0) is 22.8 Å². The van der Waals surface area contributed by atoms with Crippen LogP contribution in [0.1, 0.15) is 133 Å². The van der Waals surface area contributed by atoms with Gasteiger partial charge in [-0.15, -0.1) is 0 Å². The number of benzene rings is 5. The van der Waals surface area contributed by atoms with E-state index < -0.39 is 51.4 Å². The lowest BCUT2D eigenvalue weighted by Gasteiger charge is -2.44. The molecule has 0 aliphatic heterocycles. The third-order valence-corrected chi connectivity index (χ3v) is 35.4. The molecule has 4 atom stereocenters. The predicted octanol–water partition coefficient (Wildman–Crippen LogP) is 15.6. The Kier molecular flexibility index (Phi) is 23.8. The number of carbonyl (C=O) groups is 1. The van der Waals surface area contributed by atoms with Gasteiger partial charge in [-0.3, -0.25) is 0 Å². The Bertz CT molecular complexity index is 2490. The van der Waals surface area contributed by atoms with Crippen molar-refractivity contribution in [2.75, 3.05) is 13.2 Å². The molecule has 0 heterocycles. The van der Waals surface area contributed by atoms with E-state index in [4.69, 9.17) is 27.2 Å². The molecule has 1 unspecified atom stereocenters. The highest BCUT2D eigenvalue weighted by Crippen LogP contribution is 2.41. The number of hydrogen-bond donors (Lipinski definition) is 0. The lowest BCUT2D eigenvalue weighted by atomic mass is 10.1. The zero-order chi connectivity index (χ0) is 57.3. The first kappa shape index (κ1) is 64.4. The molecule has 0 aliphatic rings. The van der Waals surface area contributed by atoms with Crippen molar-refractivity contribution in [3.63, 3.8) is 0 Å². The van der Waals surface area contributed by atoms with Crippen molar-refractivity contribution in [2.45, 2.75) is 193 Å². The molecule has 11 heteroatoms. The van der Waals surface area contributed by atoms with Crippen LogP contribution in [0.15, 0.2) is 170 Å². The van der Waals surface area contributed by atoms with Crippen LogP contribution >= 0.6 is 0 Å². The van der Waals surface area contributed by atoms with Gasteiger partial charge in [-0.1, -0.05) is 242 Å². The lowest BCUT2D eigenvalue weighted by molar-refractivity contribution is -0.0609. The van der Waals surface area contributed by atoms with E-state index in [1.54, 1.807) is 0 Å². The molecule has 0 fully saturated rings. The molecule has 5 aromatic carbocycles. The van der Waals surface area contributed by atoms with Crippen LogP contribution in [0.3, 0.4) is 0 Å². The van der Waals surface area contributed by atoms with Gasteiger partial charge >= 0.3 is 14.3 Å². The highest BCUT2D eigenvalue weighted by atomic mass is 28.4. The quantitative estimate of drug-likeness (QED) is 0.0204. The average Bonchev–Trinajstić information content (AvgIpc) is 3.53. The van der Waals surface area contributed by atoms with E-state index in [1.165, 1.54) is 10.4 Å². The van der Waals surface area contributed by atoms with E-state index in [-0.39, 0.29) is 33.9 Å². The summed E-state index contributed by atoms with van der Waals surface area (Å²) in [4.78, 5) is 14.6. The van der Waals surface area contributed by atoms with Gasteiger partial charge in [0.1, 0.15) is 11.9 Å². The van der Waals surface area contributed by atoms with E-state index in [2.05, 4.69) is 224 Å². The summed E-state index contributed by atoms with van der Waals surface area (Å²) < 4.78 is 42.6. The molecule has 0 aromatic heterocycles. The first-order valence-corrected chi connectivity index (χ1v) is 38.4. The first-order valence-electron chi connectivity index (χ1n) is 29.1. The van der Waals surface area contributed by atoms with Gasteiger partial charge in [0.2, 0.25) is 0 Å². The summed E-state index contributed by atoms with van der Waals surface area (Å²) in [6, 6.07) is 53.0. The minimum Gasteiger partial charge on any atom is -0.534 e. The summed E-state index contributed by atoms with van der Waals surface area (Å²) in [5.74, 6) is 0.255. The largest absolute Gasteiger partial charge is 0.534 e. The molecule has 5 rings (SSSR count). The molecule has 0 bridgehead atoms. The Hall–Kier alpha value is -4.44. The van der Waals surface area contributed by atoms with Crippen LogP contribution in [-0.4, -0.2) is 76.9 Å². The van der Waals surface area contributed by atoms with Crippen molar-refractivity contribution < 1.29 is 32.0 Å². The van der Waals surface area contributed by atoms with Crippen LogP contribution in [0, 0.1) is 0 Å².